The summed E-state index contributed by atoms with van der Waals surface area (Å²) in [6, 6.07) is 5.74. The van der Waals surface area contributed by atoms with Crippen LogP contribution in [0.1, 0.15) is 23.2 Å². The first-order valence-corrected chi connectivity index (χ1v) is 11.8. The van der Waals surface area contributed by atoms with Crippen LogP contribution in [-0.4, -0.2) is 33.2 Å². The summed E-state index contributed by atoms with van der Waals surface area (Å²) in [5.41, 5.74) is 2.03. The summed E-state index contributed by atoms with van der Waals surface area (Å²) >= 11 is 4.54. The largest absolute Gasteiger partial charge is 0.494 e. The molecule has 6 nitrogen and oxygen atoms in total. The SMILES string of the molecule is CCOc1ccc2nc(NC(=O)CSc3nc(C)nc4sc(C)c(C)c34)sc2c1. The molecule has 0 aliphatic rings. The van der Waals surface area contributed by atoms with E-state index in [1.165, 1.54) is 33.5 Å². The number of nitrogens with one attached hydrogen (secondary N) is 1. The van der Waals surface area contributed by atoms with Crippen molar-refractivity contribution in [1.29, 1.82) is 0 Å². The highest BCUT2D eigenvalue weighted by Gasteiger charge is 2.16. The summed E-state index contributed by atoms with van der Waals surface area (Å²) in [6.07, 6.45) is 0. The Morgan fingerprint density at radius 2 is 2.00 bits per heavy atom. The predicted octanol–water partition coefficient (Wildman–Crippen LogP) is 5.36. The summed E-state index contributed by atoms with van der Waals surface area (Å²) in [5.74, 6) is 1.69. The van der Waals surface area contributed by atoms with E-state index in [1.807, 2.05) is 32.0 Å². The van der Waals surface area contributed by atoms with Crippen LogP contribution >= 0.6 is 34.4 Å². The molecule has 4 aromatic rings. The topological polar surface area (TPSA) is 77.0 Å². The van der Waals surface area contributed by atoms with Crippen LogP contribution in [0.4, 0.5) is 5.13 Å². The molecule has 0 aliphatic carbocycles. The Morgan fingerprint density at radius 3 is 2.79 bits per heavy atom. The van der Waals surface area contributed by atoms with Crippen molar-refractivity contribution in [2.24, 2.45) is 0 Å². The molecule has 1 N–H and O–H groups in total. The maximum atomic E-state index is 12.5. The van der Waals surface area contributed by atoms with Crippen LogP contribution in [0.15, 0.2) is 23.2 Å². The second kappa shape index (κ2) is 8.25. The van der Waals surface area contributed by atoms with E-state index in [0.29, 0.717) is 11.7 Å². The molecule has 0 saturated carbocycles. The van der Waals surface area contributed by atoms with Gasteiger partial charge in [0.05, 0.1) is 22.6 Å². The van der Waals surface area contributed by atoms with Gasteiger partial charge in [0.25, 0.3) is 0 Å². The zero-order valence-corrected chi connectivity index (χ0v) is 19.0. The van der Waals surface area contributed by atoms with Gasteiger partial charge in [-0.2, -0.15) is 0 Å². The van der Waals surface area contributed by atoms with Gasteiger partial charge >= 0.3 is 0 Å². The number of hydrogen-bond donors (Lipinski definition) is 1. The maximum Gasteiger partial charge on any atom is 0.236 e. The smallest absolute Gasteiger partial charge is 0.236 e. The fourth-order valence-electron chi connectivity index (χ4n) is 2.92. The molecule has 0 radical (unpaired) electrons. The lowest BCUT2D eigenvalue weighted by Gasteiger charge is -2.05. The minimum Gasteiger partial charge on any atom is -0.494 e. The molecule has 3 heterocycles. The Kier molecular flexibility index (Phi) is 5.71. The third-order valence-corrected chi connectivity index (χ3v) is 7.37. The van der Waals surface area contributed by atoms with E-state index in [1.54, 1.807) is 11.3 Å². The molecule has 3 aromatic heterocycles. The molecule has 29 heavy (non-hydrogen) atoms. The van der Waals surface area contributed by atoms with Crippen molar-refractivity contribution in [3.05, 3.63) is 34.5 Å². The van der Waals surface area contributed by atoms with E-state index in [9.17, 15) is 4.79 Å². The summed E-state index contributed by atoms with van der Waals surface area (Å²) in [7, 11) is 0. The molecule has 0 unspecified atom stereocenters. The number of rotatable bonds is 6. The van der Waals surface area contributed by atoms with Crippen molar-refractivity contribution in [3.8, 4) is 5.75 Å². The predicted molar refractivity (Wildman–Crippen MR) is 122 cm³/mol. The highest BCUT2D eigenvalue weighted by molar-refractivity contribution is 8.00. The first-order chi connectivity index (χ1) is 13.9. The van der Waals surface area contributed by atoms with Gasteiger partial charge in [0.15, 0.2) is 5.13 Å². The standard InChI is InChI=1S/C20H20N4O2S3/c1-5-26-13-6-7-14-15(8-13)29-20(23-14)24-16(25)9-27-18-17-10(2)11(3)28-19(17)22-12(4)21-18/h6-8H,5,9H2,1-4H3,(H,23,24,25). The molecule has 0 atom stereocenters. The Balaban J connectivity index is 1.48. The van der Waals surface area contributed by atoms with Gasteiger partial charge in [0.1, 0.15) is 21.4 Å². The van der Waals surface area contributed by atoms with Gasteiger partial charge < -0.3 is 10.1 Å². The van der Waals surface area contributed by atoms with Crippen LogP contribution in [0.3, 0.4) is 0 Å². The highest BCUT2D eigenvalue weighted by Crippen LogP contribution is 2.35. The lowest BCUT2D eigenvalue weighted by atomic mass is 10.2. The van der Waals surface area contributed by atoms with Gasteiger partial charge in [-0.1, -0.05) is 23.1 Å². The van der Waals surface area contributed by atoms with E-state index in [2.05, 4.69) is 34.1 Å². The quantitative estimate of drug-likeness (QED) is 0.319. The summed E-state index contributed by atoms with van der Waals surface area (Å²) < 4.78 is 6.51. The molecular weight excluding hydrogens is 424 g/mol. The van der Waals surface area contributed by atoms with Gasteiger partial charge in [-0.3, -0.25) is 4.79 Å². The average Bonchev–Trinajstić information content (AvgIpc) is 3.19. The number of benzene rings is 1. The minimum absolute atomic E-state index is 0.104. The Morgan fingerprint density at radius 1 is 1.17 bits per heavy atom. The van der Waals surface area contributed by atoms with Crippen LogP contribution in [0.5, 0.6) is 5.75 Å². The second-order valence-corrected chi connectivity index (χ2v) is 9.66. The number of amides is 1. The minimum atomic E-state index is -0.104. The lowest BCUT2D eigenvalue weighted by molar-refractivity contribution is -0.113. The number of thiazole rings is 1. The molecular formula is C20H20N4O2S3. The fourth-order valence-corrected chi connectivity index (χ4v) is 5.90. The average molecular weight is 445 g/mol. The Labute approximate surface area is 180 Å². The number of aromatic nitrogens is 3. The van der Waals surface area contributed by atoms with Gasteiger partial charge in [-0.05, 0) is 51.5 Å². The lowest BCUT2D eigenvalue weighted by Crippen LogP contribution is -2.14. The van der Waals surface area contributed by atoms with Gasteiger partial charge in [0.2, 0.25) is 5.91 Å². The number of carbonyl (C=O) groups is 1. The third-order valence-electron chi connectivity index (χ3n) is 4.36. The summed E-state index contributed by atoms with van der Waals surface area (Å²) in [6.45, 7) is 8.61. The zero-order valence-electron chi connectivity index (χ0n) is 16.5. The highest BCUT2D eigenvalue weighted by atomic mass is 32.2. The van der Waals surface area contributed by atoms with E-state index < -0.39 is 0 Å². The van der Waals surface area contributed by atoms with E-state index in [4.69, 9.17) is 4.74 Å². The molecule has 1 amide bonds. The number of anilines is 1. The molecule has 150 valence electrons. The maximum absolute atomic E-state index is 12.5. The van der Waals surface area contributed by atoms with Crippen LogP contribution in [0.2, 0.25) is 0 Å². The number of fused-ring (bicyclic) bond motifs is 2. The Hall–Kier alpha value is -2.23. The number of aryl methyl sites for hydroxylation is 3. The van der Waals surface area contributed by atoms with Crippen LogP contribution in [0, 0.1) is 20.8 Å². The van der Waals surface area contributed by atoms with Crippen LogP contribution < -0.4 is 10.1 Å². The van der Waals surface area contributed by atoms with Crippen LogP contribution in [-0.2, 0) is 4.79 Å². The normalized spacial score (nSPS) is 11.3. The van der Waals surface area contributed by atoms with E-state index >= 15 is 0 Å². The van der Waals surface area contributed by atoms with Crippen molar-refractivity contribution >= 4 is 65.9 Å². The van der Waals surface area contributed by atoms with Gasteiger partial charge in [-0.25, -0.2) is 15.0 Å². The Bertz CT molecular complexity index is 1220. The third kappa shape index (κ3) is 4.22. The van der Waals surface area contributed by atoms with E-state index in [0.717, 1.165) is 37.0 Å². The summed E-state index contributed by atoms with van der Waals surface area (Å²) in [5, 5.41) is 5.40. The number of ether oxygens (including phenoxy) is 1. The molecule has 0 aliphatic heterocycles. The van der Waals surface area contributed by atoms with Crippen molar-refractivity contribution in [2.75, 3.05) is 17.7 Å². The number of nitrogens with zero attached hydrogens (tertiary/aromatic N) is 3. The number of carbonyl (C=O) groups excluding carboxylic acids is 1. The second-order valence-electron chi connectivity index (χ2n) is 6.46. The van der Waals surface area contributed by atoms with Crippen molar-refractivity contribution in [2.45, 2.75) is 32.7 Å². The zero-order chi connectivity index (χ0) is 20.5. The molecule has 4 rings (SSSR count). The first-order valence-electron chi connectivity index (χ1n) is 9.15. The van der Waals surface area contributed by atoms with Crippen molar-refractivity contribution in [1.82, 2.24) is 15.0 Å². The number of thiophene rings is 1. The van der Waals surface area contributed by atoms with E-state index in [-0.39, 0.29) is 11.7 Å². The van der Waals surface area contributed by atoms with Gasteiger partial charge in [0, 0.05) is 10.3 Å². The molecule has 0 fully saturated rings. The fraction of sp³-hybridized carbons (Fsp3) is 0.300. The first kappa shape index (κ1) is 20.1. The molecule has 0 bridgehead atoms. The number of thioether (sulfide) groups is 1. The molecule has 0 saturated heterocycles. The van der Waals surface area contributed by atoms with Crippen LogP contribution in [0.25, 0.3) is 20.4 Å². The number of hydrogen-bond acceptors (Lipinski definition) is 8. The van der Waals surface area contributed by atoms with Gasteiger partial charge in [-0.15, -0.1) is 11.3 Å². The monoisotopic (exact) mass is 444 g/mol. The van der Waals surface area contributed by atoms with Crippen molar-refractivity contribution < 1.29 is 9.53 Å². The molecule has 1 aromatic carbocycles. The van der Waals surface area contributed by atoms with Crippen molar-refractivity contribution in [3.63, 3.8) is 0 Å². The molecule has 0 spiro atoms. The molecule has 9 heteroatoms. The summed E-state index contributed by atoms with van der Waals surface area (Å²) in [4.78, 5) is 28.3.